The van der Waals surface area contributed by atoms with Gasteiger partial charge in [0.1, 0.15) is 0 Å². The number of hydrogen-bond acceptors (Lipinski definition) is 2. The molecular formula is C16H22F2N2. The van der Waals surface area contributed by atoms with Crippen LogP contribution in [-0.2, 0) is 6.42 Å². The molecule has 0 radical (unpaired) electrons. The van der Waals surface area contributed by atoms with E-state index in [0.717, 1.165) is 24.3 Å². The summed E-state index contributed by atoms with van der Waals surface area (Å²) in [5.41, 5.74) is 3.21. The van der Waals surface area contributed by atoms with E-state index in [1.54, 1.807) is 12.1 Å². The molecular weight excluding hydrogens is 258 g/mol. The molecule has 4 heteroatoms. The van der Waals surface area contributed by atoms with Crippen molar-refractivity contribution in [2.45, 2.75) is 44.6 Å². The summed E-state index contributed by atoms with van der Waals surface area (Å²) in [6.45, 7) is 0. The van der Waals surface area contributed by atoms with E-state index in [1.807, 2.05) is 0 Å². The van der Waals surface area contributed by atoms with Gasteiger partial charge < -0.3 is 0 Å². The summed E-state index contributed by atoms with van der Waals surface area (Å²) in [6.07, 6.45) is 6.77. The highest BCUT2D eigenvalue weighted by atomic mass is 19.2. The fraction of sp³-hybridized carbons (Fsp3) is 0.625. The molecule has 2 saturated carbocycles. The van der Waals surface area contributed by atoms with E-state index in [9.17, 15) is 8.78 Å². The van der Waals surface area contributed by atoms with Gasteiger partial charge in [-0.3, -0.25) is 11.3 Å². The molecule has 1 aromatic carbocycles. The van der Waals surface area contributed by atoms with Crippen molar-refractivity contribution < 1.29 is 8.78 Å². The minimum atomic E-state index is -0.779. The summed E-state index contributed by atoms with van der Waals surface area (Å²) in [5.74, 6) is 6.53. The molecule has 1 aromatic rings. The Morgan fingerprint density at radius 1 is 1.25 bits per heavy atom. The molecule has 4 atom stereocenters. The maximum atomic E-state index is 13.7. The van der Waals surface area contributed by atoms with E-state index < -0.39 is 11.6 Å². The lowest BCUT2D eigenvalue weighted by molar-refractivity contribution is 0.276. The molecule has 4 unspecified atom stereocenters. The van der Waals surface area contributed by atoms with Crippen LogP contribution in [0.4, 0.5) is 8.78 Å². The van der Waals surface area contributed by atoms with Crippen molar-refractivity contribution in [3.63, 3.8) is 0 Å². The topological polar surface area (TPSA) is 38.0 Å². The highest BCUT2D eigenvalue weighted by Crippen LogP contribution is 2.49. The van der Waals surface area contributed by atoms with Crippen molar-refractivity contribution in [2.24, 2.45) is 23.6 Å². The van der Waals surface area contributed by atoms with Gasteiger partial charge in [-0.15, -0.1) is 0 Å². The molecule has 0 saturated heterocycles. The normalized spacial score (nSPS) is 29.9. The number of rotatable bonds is 5. The minimum absolute atomic E-state index is 0.0237. The molecule has 2 nitrogen and oxygen atoms in total. The molecule has 0 spiro atoms. The Hall–Kier alpha value is -1.00. The predicted molar refractivity (Wildman–Crippen MR) is 74.7 cm³/mol. The van der Waals surface area contributed by atoms with E-state index in [0.29, 0.717) is 17.9 Å². The van der Waals surface area contributed by atoms with Crippen molar-refractivity contribution in [3.05, 3.63) is 35.4 Å². The standard InChI is InChI=1S/C16H22F2N2/c17-15-3-1-2-12(16(15)18)8-14(20-19)9-13-7-10-4-5-11(13)6-10/h1-3,10-11,13-14,20H,4-9,19H2. The number of hydrogen-bond donors (Lipinski definition) is 2. The second kappa shape index (κ2) is 5.78. The van der Waals surface area contributed by atoms with Gasteiger partial charge in [-0.2, -0.15) is 0 Å². The molecule has 0 aliphatic heterocycles. The summed E-state index contributed by atoms with van der Waals surface area (Å²) in [4.78, 5) is 0. The molecule has 110 valence electrons. The highest BCUT2D eigenvalue weighted by molar-refractivity contribution is 5.20. The van der Waals surface area contributed by atoms with Gasteiger partial charge in [-0.1, -0.05) is 18.6 Å². The van der Waals surface area contributed by atoms with Crippen molar-refractivity contribution in [1.82, 2.24) is 5.43 Å². The molecule has 3 N–H and O–H groups in total. The number of halogens is 2. The number of nitrogens with one attached hydrogen (secondary N) is 1. The first-order valence-electron chi connectivity index (χ1n) is 7.56. The Bertz CT molecular complexity index is 478. The third-order valence-electron chi connectivity index (χ3n) is 5.21. The molecule has 2 aliphatic rings. The van der Waals surface area contributed by atoms with Crippen LogP contribution in [0.25, 0.3) is 0 Å². The molecule has 2 bridgehead atoms. The fourth-order valence-corrected chi connectivity index (χ4v) is 4.21. The van der Waals surface area contributed by atoms with Gasteiger partial charge in [-0.25, -0.2) is 8.78 Å². The van der Waals surface area contributed by atoms with Crippen molar-refractivity contribution >= 4 is 0 Å². The van der Waals surface area contributed by atoms with E-state index in [-0.39, 0.29) is 6.04 Å². The van der Waals surface area contributed by atoms with Gasteiger partial charge in [0, 0.05) is 6.04 Å². The summed E-state index contributed by atoms with van der Waals surface area (Å²) in [7, 11) is 0. The van der Waals surface area contributed by atoms with Crippen LogP contribution in [0.2, 0.25) is 0 Å². The Labute approximate surface area is 118 Å². The summed E-state index contributed by atoms with van der Waals surface area (Å²) in [5, 5.41) is 0. The Morgan fingerprint density at radius 3 is 2.75 bits per heavy atom. The average molecular weight is 280 g/mol. The van der Waals surface area contributed by atoms with Crippen LogP contribution in [0, 0.1) is 29.4 Å². The van der Waals surface area contributed by atoms with E-state index in [2.05, 4.69) is 5.43 Å². The van der Waals surface area contributed by atoms with Crippen molar-refractivity contribution in [1.29, 1.82) is 0 Å². The van der Waals surface area contributed by atoms with E-state index in [1.165, 1.54) is 25.7 Å². The van der Waals surface area contributed by atoms with Gasteiger partial charge in [0.25, 0.3) is 0 Å². The third kappa shape index (κ3) is 2.72. The van der Waals surface area contributed by atoms with Gasteiger partial charge in [0.15, 0.2) is 11.6 Å². The summed E-state index contributed by atoms with van der Waals surface area (Å²) >= 11 is 0. The van der Waals surface area contributed by atoms with Crippen LogP contribution < -0.4 is 11.3 Å². The zero-order chi connectivity index (χ0) is 14.1. The maximum Gasteiger partial charge on any atom is 0.162 e. The monoisotopic (exact) mass is 280 g/mol. The Balaban J connectivity index is 1.63. The van der Waals surface area contributed by atoms with E-state index in [4.69, 9.17) is 5.84 Å². The average Bonchev–Trinajstić information content (AvgIpc) is 3.05. The third-order valence-corrected chi connectivity index (χ3v) is 5.21. The van der Waals surface area contributed by atoms with Gasteiger partial charge >= 0.3 is 0 Å². The molecule has 2 fully saturated rings. The summed E-state index contributed by atoms with van der Waals surface area (Å²) < 4.78 is 27.0. The first-order valence-corrected chi connectivity index (χ1v) is 7.56. The zero-order valence-electron chi connectivity index (χ0n) is 11.6. The maximum absolute atomic E-state index is 13.7. The smallest absolute Gasteiger partial charge is 0.162 e. The second-order valence-electron chi connectivity index (χ2n) is 6.45. The molecule has 0 amide bonds. The second-order valence-corrected chi connectivity index (χ2v) is 6.45. The molecule has 2 aliphatic carbocycles. The number of nitrogens with two attached hydrogens (primary N) is 1. The van der Waals surface area contributed by atoms with Crippen LogP contribution in [0.15, 0.2) is 18.2 Å². The van der Waals surface area contributed by atoms with Crippen molar-refractivity contribution in [2.75, 3.05) is 0 Å². The summed E-state index contributed by atoms with van der Waals surface area (Å²) in [6, 6.07) is 4.37. The highest BCUT2D eigenvalue weighted by Gasteiger charge is 2.40. The first kappa shape index (κ1) is 14.0. The minimum Gasteiger partial charge on any atom is -0.271 e. The van der Waals surface area contributed by atoms with Crippen molar-refractivity contribution in [3.8, 4) is 0 Å². The molecule has 0 aromatic heterocycles. The lowest BCUT2D eigenvalue weighted by Gasteiger charge is -2.26. The SMILES string of the molecule is NNC(Cc1cccc(F)c1F)CC1CC2CCC1C2. The van der Waals surface area contributed by atoms with Crippen LogP contribution in [0.5, 0.6) is 0 Å². The van der Waals surface area contributed by atoms with E-state index >= 15 is 0 Å². The number of fused-ring (bicyclic) bond motifs is 2. The van der Waals surface area contributed by atoms with Crippen LogP contribution in [0.3, 0.4) is 0 Å². The Kier molecular flexibility index (Phi) is 4.03. The fourth-order valence-electron chi connectivity index (χ4n) is 4.21. The van der Waals surface area contributed by atoms with Crippen LogP contribution >= 0.6 is 0 Å². The zero-order valence-corrected chi connectivity index (χ0v) is 11.6. The quantitative estimate of drug-likeness (QED) is 0.642. The molecule has 20 heavy (non-hydrogen) atoms. The lowest BCUT2D eigenvalue weighted by Crippen LogP contribution is -2.39. The lowest BCUT2D eigenvalue weighted by atomic mass is 9.83. The van der Waals surface area contributed by atoms with Gasteiger partial charge in [0.05, 0.1) is 0 Å². The number of benzene rings is 1. The number of hydrazine groups is 1. The van der Waals surface area contributed by atoms with Crippen LogP contribution in [0.1, 0.15) is 37.7 Å². The largest absolute Gasteiger partial charge is 0.271 e. The van der Waals surface area contributed by atoms with Crippen LogP contribution in [-0.4, -0.2) is 6.04 Å². The molecule has 0 heterocycles. The molecule has 3 rings (SSSR count). The van der Waals surface area contributed by atoms with Gasteiger partial charge in [-0.05, 0) is 61.5 Å². The Morgan fingerprint density at radius 2 is 2.10 bits per heavy atom. The first-order chi connectivity index (χ1) is 9.67. The van der Waals surface area contributed by atoms with Gasteiger partial charge in [0.2, 0.25) is 0 Å². The predicted octanol–water partition coefficient (Wildman–Crippen LogP) is 3.17.